The lowest BCUT2D eigenvalue weighted by molar-refractivity contribution is 0.611. The van der Waals surface area contributed by atoms with Gasteiger partial charge in [-0.1, -0.05) is 25.1 Å². The number of para-hydroxylation sites is 1. The van der Waals surface area contributed by atoms with Crippen molar-refractivity contribution in [3.63, 3.8) is 0 Å². The van der Waals surface area contributed by atoms with Crippen LogP contribution in [0.15, 0.2) is 30.6 Å². The fourth-order valence-corrected chi connectivity index (χ4v) is 3.07. The molecule has 0 saturated carbocycles. The summed E-state index contributed by atoms with van der Waals surface area (Å²) in [7, 11) is 0. The lowest BCUT2D eigenvalue weighted by Crippen LogP contribution is -2.34. The van der Waals surface area contributed by atoms with E-state index in [4.69, 9.17) is 5.84 Å². The lowest BCUT2D eigenvalue weighted by atomic mass is 9.96. The van der Waals surface area contributed by atoms with Gasteiger partial charge < -0.3 is 10.3 Å². The van der Waals surface area contributed by atoms with E-state index in [-0.39, 0.29) is 0 Å². The molecule has 0 aliphatic carbocycles. The molecule has 1 aliphatic rings. The van der Waals surface area contributed by atoms with Crippen molar-refractivity contribution in [2.75, 3.05) is 10.3 Å². The molecule has 1 aromatic carbocycles. The first kappa shape index (κ1) is 13.8. The smallest absolute Gasteiger partial charge is 0.148 e. The number of nitrogen functional groups attached to an aromatic ring is 1. The molecule has 0 fully saturated rings. The molecule has 0 amide bonds. The standard InChI is InChI=1S/C16H21N5/c1-3-13-15(20-17)18-10-19-16(13)21-11(2)8-9-12-6-4-5-7-14(12)21/h4-7,10-11H,3,8-9,17H2,1-2H3,(H,18,19,20). The van der Waals surface area contributed by atoms with Gasteiger partial charge in [0.15, 0.2) is 0 Å². The summed E-state index contributed by atoms with van der Waals surface area (Å²) in [4.78, 5) is 11.1. The Bertz CT molecular complexity index is 640. The number of anilines is 3. The van der Waals surface area contributed by atoms with E-state index < -0.39 is 0 Å². The van der Waals surface area contributed by atoms with Gasteiger partial charge in [-0.3, -0.25) is 0 Å². The quantitative estimate of drug-likeness (QED) is 0.669. The molecule has 3 rings (SSSR count). The van der Waals surface area contributed by atoms with E-state index >= 15 is 0 Å². The Hall–Kier alpha value is -2.14. The maximum atomic E-state index is 5.60. The zero-order valence-electron chi connectivity index (χ0n) is 12.5. The summed E-state index contributed by atoms with van der Waals surface area (Å²) in [5.74, 6) is 7.26. The minimum Gasteiger partial charge on any atom is -0.323 e. The highest BCUT2D eigenvalue weighted by Crippen LogP contribution is 2.38. The summed E-state index contributed by atoms with van der Waals surface area (Å²) in [6, 6.07) is 8.95. The predicted molar refractivity (Wildman–Crippen MR) is 85.6 cm³/mol. The van der Waals surface area contributed by atoms with Gasteiger partial charge >= 0.3 is 0 Å². The van der Waals surface area contributed by atoms with E-state index in [1.165, 1.54) is 11.3 Å². The minimum absolute atomic E-state index is 0.408. The Morgan fingerprint density at radius 2 is 2.14 bits per heavy atom. The molecule has 2 heterocycles. The zero-order valence-corrected chi connectivity index (χ0v) is 12.5. The lowest BCUT2D eigenvalue weighted by Gasteiger charge is -2.37. The molecule has 2 aromatic rings. The summed E-state index contributed by atoms with van der Waals surface area (Å²) in [5, 5.41) is 0. The molecular formula is C16H21N5. The number of fused-ring (bicyclic) bond motifs is 1. The molecule has 1 atom stereocenters. The van der Waals surface area contributed by atoms with Crippen LogP contribution in [0, 0.1) is 0 Å². The van der Waals surface area contributed by atoms with Gasteiger partial charge in [-0.05, 0) is 37.8 Å². The molecule has 0 spiro atoms. The molecule has 21 heavy (non-hydrogen) atoms. The van der Waals surface area contributed by atoms with Gasteiger partial charge in [-0.15, -0.1) is 0 Å². The number of aryl methyl sites for hydroxylation is 1. The maximum Gasteiger partial charge on any atom is 0.148 e. The number of nitrogens with one attached hydrogen (secondary N) is 1. The fourth-order valence-electron chi connectivity index (χ4n) is 3.07. The van der Waals surface area contributed by atoms with Crippen LogP contribution < -0.4 is 16.2 Å². The topological polar surface area (TPSA) is 67.1 Å². The summed E-state index contributed by atoms with van der Waals surface area (Å²) in [6.07, 6.45) is 4.65. The van der Waals surface area contributed by atoms with Crippen molar-refractivity contribution in [3.05, 3.63) is 41.7 Å². The number of hydrazine groups is 1. The van der Waals surface area contributed by atoms with E-state index in [1.54, 1.807) is 6.33 Å². The first-order valence-electron chi connectivity index (χ1n) is 7.43. The van der Waals surface area contributed by atoms with Crippen molar-refractivity contribution in [2.45, 2.75) is 39.2 Å². The third kappa shape index (κ3) is 2.34. The van der Waals surface area contributed by atoms with Crippen molar-refractivity contribution in [2.24, 2.45) is 5.84 Å². The molecule has 1 aromatic heterocycles. The molecule has 1 unspecified atom stereocenters. The number of rotatable bonds is 3. The van der Waals surface area contributed by atoms with E-state index in [2.05, 4.69) is 58.4 Å². The number of nitrogens with two attached hydrogens (primary N) is 1. The molecule has 5 heteroatoms. The molecule has 110 valence electrons. The van der Waals surface area contributed by atoms with E-state index in [9.17, 15) is 0 Å². The van der Waals surface area contributed by atoms with Gasteiger partial charge in [0.05, 0.1) is 0 Å². The van der Waals surface area contributed by atoms with Crippen LogP contribution in [-0.2, 0) is 12.8 Å². The molecule has 1 aliphatic heterocycles. The average molecular weight is 283 g/mol. The second-order valence-electron chi connectivity index (χ2n) is 5.41. The van der Waals surface area contributed by atoms with E-state index in [0.29, 0.717) is 11.9 Å². The largest absolute Gasteiger partial charge is 0.323 e. The van der Waals surface area contributed by atoms with Crippen LogP contribution in [0.1, 0.15) is 31.4 Å². The predicted octanol–water partition coefficient (Wildman–Crippen LogP) is 2.80. The Morgan fingerprint density at radius 3 is 2.90 bits per heavy atom. The van der Waals surface area contributed by atoms with Crippen LogP contribution >= 0.6 is 0 Å². The van der Waals surface area contributed by atoms with Gasteiger partial charge in [-0.2, -0.15) is 0 Å². The summed E-state index contributed by atoms with van der Waals surface area (Å²) >= 11 is 0. The molecule has 0 radical (unpaired) electrons. The van der Waals surface area contributed by atoms with Gasteiger partial charge in [-0.25, -0.2) is 15.8 Å². The minimum atomic E-state index is 0.408. The maximum absolute atomic E-state index is 5.60. The first-order valence-corrected chi connectivity index (χ1v) is 7.43. The number of aromatic nitrogens is 2. The number of hydrogen-bond donors (Lipinski definition) is 2. The van der Waals surface area contributed by atoms with Crippen molar-refractivity contribution in [1.29, 1.82) is 0 Å². The fraction of sp³-hybridized carbons (Fsp3) is 0.375. The summed E-state index contributed by atoms with van der Waals surface area (Å²) < 4.78 is 0. The molecule has 5 nitrogen and oxygen atoms in total. The molecule has 0 saturated heterocycles. The van der Waals surface area contributed by atoms with Crippen LogP contribution in [0.3, 0.4) is 0 Å². The van der Waals surface area contributed by atoms with Gasteiger partial charge in [0.1, 0.15) is 18.0 Å². The van der Waals surface area contributed by atoms with Crippen molar-refractivity contribution < 1.29 is 0 Å². The van der Waals surface area contributed by atoms with E-state index in [1.807, 2.05) is 0 Å². The molecule has 3 N–H and O–H groups in total. The Morgan fingerprint density at radius 1 is 1.33 bits per heavy atom. The number of hydrogen-bond acceptors (Lipinski definition) is 5. The molecular weight excluding hydrogens is 262 g/mol. The second kappa shape index (κ2) is 5.69. The Kier molecular flexibility index (Phi) is 3.75. The van der Waals surface area contributed by atoms with Crippen molar-refractivity contribution >= 4 is 17.3 Å². The average Bonchev–Trinajstić information content (AvgIpc) is 2.54. The van der Waals surface area contributed by atoms with Crippen LogP contribution in [0.2, 0.25) is 0 Å². The normalized spacial score (nSPS) is 17.5. The highest BCUT2D eigenvalue weighted by molar-refractivity contribution is 5.71. The highest BCUT2D eigenvalue weighted by Gasteiger charge is 2.27. The SMILES string of the molecule is CCc1c(NN)ncnc1N1c2ccccc2CCC1C. The summed E-state index contributed by atoms with van der Waals surface area (Å²) in [5.41, 5.74) is 6.36. The van der Waals surface area contributed by atoms with Crippen molar-refractivity contribution in [1.82, 2.24) is 9.97 Å². The Balaban J connectivity index is 2.16. The van der Waals surface area contributed by atoms with Gasteiger partial charge in [0, 0.05) is 17.3 Å². The monoisotopic (exact) mass is 283 g/mol. The zero-order chi connectivity index (χ0) is 14.8. The van der Waals surface area contributed by atoms with Crippen molar-refractivity contribution in [3.8, 4) is 0 Å². The van der Waals surface area contributed by atoms with Crippen LogP contribution in [0.25, 0.3) is 0 Å². The third-order valence-electron chi connectivity index (χ3n) is 4.16. The van der Waals surface area contributed by atoms with Crippen LogP contribution in [-0.4, -0.2) is 16.0 Å². The summed E-state index contributed by atoms with van der Waals surface area (Å²) in [6.45, 7) is 4.34. The second-order valence-corrected chi connectivity index (χ2v) is 5.41. The Labute approximate surface area is 125 Å². The number of nitrogens with zero attached hydrogens (tertiary/aromatic N) is 3. The van der Waals surface area contributed by atoms with Gasteiger partial charge in [0.25, 0.3) is 0 Å². The van der Waals surface area contributed by atoms with E-state index in [0.717, 1.165) is 30.6 Å². The third-order valence-corrected chi connectivity index (χ3v) is 4.16. The van der Waals surface area contributed by atoms with Crippen LogP contribution in [0.4, 0.5) is 17.3 Å². The highest BCUT2D eigenvalue weighted by atomic mass is 15.3. The molecule has 0 bridgehead atoms. The van der Waals surface area contributed by atoms with Gasteiger partial charge in [0.2, 0.25) is 0 Å². The van der Waals surface area contributed by atoms with Crippen LogP contribution in [0.5, 0.6) is 0 Å². The first-order chi connectivity index (χ1) is 10.3. The number of benzene rings is 1.